The van der Waals surface area contributed by atoms with Gasteiger partial charge in [0.2, 0.25) is 0 Å². The van der Waals surface area contributed by atoms with Crippen LogP contribution >= 0.6 is 24.0 Å². The van der Waals surface area contributed by atoms with Crippen LogP contribution in [0.1, 0.15) is 42.9 Å². The lowest BCUT2D eigenvalue weighted by Gasteiger charge is -2.15. The summed E-state index contributed by atoms with van der Waals surface area (Å²) < 4.78 is 6.94. The van der Waals surface area contributed by atoms with Crippen molar-refractivity contribution in [2.24, 2.45) is 4.99 Å². The van der Waals surface area contributed by atoms with Crippen LogP contribution in [-0.2, 0) is 13.1 Å². The predicted octanol–water partition coefficient (Wildman–Crippen LogP) is 4.77. The van der Waals surface area contributed by atoms with Crippen molar-refractivity contribution >= 4 is 29.9 Å². The van der Waals surface area contributed by atoms with Crippen molar-refractivity contribution in [1.82, 2.24) is 15.2 Å². The Morgan fingerprint density at radius 1 is 1.00 bits per heavy atom. The van der Waals surface area contributed by atoms with Gasteiger partial charge in [-0.1, -0.05) is 49.4 Å². The number of rotatable bonds is 10. The number of nitrogens with zero attached hydrogens (tertiary/aromatic N) is 2. The average molecular weight is 575 g/mol. The Kier molecular flexibility index (Phi) is 11.7. The number of aromatic nitrogens is 1. The highest BCUT2D eigenvalue weighted by Gasteiger charge is 2.06. The van der Waals surface area contributed by atoms with Crippen molar-refractivity contribution in [3.63, 3.8) is 0 Å². The van der Waals surface area contributed by atoms with Gasteiger partial charge in [-0.05, 0) is 54.2 Å². The third-order valence-electron chi connectivity index (χ3n) is 5.59. The van der Waals surface area contributed by atoms with Gasteiger partial charge in [-0.3, -0.25) is 4.79 Å². The van der Waals surface area contributed by atoms with E-state index in [0.717, 1.165) is 42.3 Å². The first-order valence-corrected chi connectivity index (χ1v) is 11.5. The van der Waals surface area contributed by atoms with Crippen LogP contribution in [0.4, 0.5) is 0 Å². The zero-order valence-corrected chi connectivity index (χ0v) is 22.5. The lowest BCUT2D eigenvalue weighted by Crippen LogP contribution is -2.38. The van der Waals surface area contributed by atoms with E-state index in [1.807, 2.05) is 24.4 Å². The van der Waals surface area contributed by atoms with Gasteiger partial charge in [0.15, 0.2) is 5.96 Å². The highest BCUT2D eigenvalue weighted by Crippen LogP contribution is 2.21. The molecule has 0 aliphatic rings. The van der Waals surface area contributed by atoms with E-state index in [0.29, 0.717) is 19.0 Å². The van der Waals surface area contributed by atoms with Crippen molar-refractivity contribution < 1.29 is 4.74 Å². The second kappa shape index (κ2) is 14.5. The molecule has 0 bridgehead atoms. The maximum absolute atomic E-state index is 11.9. The summed E-state index contributed by atoms with van der Waals surface area (Å²) in [7, 11) is 1.69. The Bertz CT molecular complexity index is 1080. The van der Waals surface area contributed by atoms with E-state index in [2.05, 4.69) is 60.9 Å². The standard InChI is InChI=1S/C27H34N4O2.HI/c1-4-28-27(29-17-16-21(2)24-12-14-25(33-3)15-13-24)30-19-22-8-10-23(11-9-22)20-31-18-6-5-7-26(31)32;/h5-15,18,21H,4,16-17,19-20H2,1-3H3,(H2,28,29,30);1H. The highest BCUT2D eigenvalue weighted by molar-refractivity contribution is 14.0. The maximum Gasteiger partial charge on any atom is 0.250 e. The second-order valence-electron chi connectivity index (χ2n) is 8.07. The molecule has 3 aromatic rings. The summed E-state index contributed by atoms with van der Waals surface area (Å²) in [4.78, 5) is 16.6. The Morgan fingerprint density at radius 2 is 1.71 bits per heavy atom. The molecule has 1 unspecified atom stereocenters. The fraction of sp³-hybridized carbons (Fsp3) is 0.333. The molecule has 0 radical (unpaired) electrons. The SMILES string of the molecule is CCNC(=NCc1ccc(Cn2ccccc2=O)cc1)NCCC(C)c1ccc(OC)cc1.I. The topological polar surface area (TPSA) is 67.7 Å². The quantitative estimate of drug-likeness (QED) is 0.208. The molecule has 0 aliphatic heterocycles. The summed E-state index contributed by atoms with van der Waals surface area (Å²) in [5.74, 6) is 2.14. The van der Waals surface area contributed by atoms with Crippen LogP contribution in [0.25, 0.3) is 0 Å². The van der Waals surface area contributed by atoms with Crippen LogP contribution in [0.3, 0.4) is 0 Å². The Labute approximate surface area is 219 Å². The van der Waals surface area contributed by atoms with Crippen LogP contribution in [0, 0.1) is 0 Å². The fourth-order valence-electron chi connectivity index (χ4n) is 3.56. The first-order chi connectivity index (χ1) is 16.1. The molecular formula is C27H35IN4O2. The molecule has 6 nitrogen and oxygen atoms in total. The lowest BCUT2D eigenvalue weighted by molar-refractivity contribution is 0.414. The number of benzene rings is 2. The number of nitrogens with one attached hydrogen (secondary N) is 2. The van der Waals surface area contributed by atoms with Crippen molar-refractivity contribution in [3.8, 4) is 5.75 Å². The minimum absolute atomic E-state index is 0. The summed E-state index contributed by atoms with van der Waals surface area (Å²) in [6.45, 7) is 7.11. The maximum atomic E-state index is 11.9. The summed E-state index contributed by atoms with van der Waals surface area (Å²) in [6, 6.07) is 21.7. The predicted molar refractivity (Wildman–Crippen MR) is 151 cm³/mol. The third kappa shape index (κ3) is 8.52. The van der Waals surface area contributed by atoms with Crippen molar-refractivity contribution in [1.29, 1.82) is 0 Å². The molecule has 0 saturated carbocycles. The monoisotopic (exact) mass is 574 g/mol. The Hall–Kier alpha value is -2.81. The number of methoxy groups -OCH3 is 1. The number of pyridine rings is 1. The van der Waals surface area contributed by atoms with E-state index in [-0.39, 0.29) is 29.5 Å². The first-order valence-electron chi connectivity index (χ1n) is 11.5. The number of hydrogen-bond acceptors (Lipinski definition) is 3. The van der Waals surface area contributed by atoms with Gasteiger partial charge in [-0.25, -0.2) is 4.99 Å². The first kappa shape index (κ1) is 27.4. The largest absolute Gasteiger partial charge is 0.497 e. The summed E-state index contributed by atoms with van der Waals surface area (Å²) in [5, 5.41) is 6.76. The number of guanidine groups is 1. The van der Waals surface area contributed by atoms with E-state index in [1.54, 1.807) is 23.8 Å². The van der Waals surface area contributed by atoms with Crippen LogP contribution in [0.5, 0.6) is 5.75 Å². The van der Waals surface area contributed by atoms with E-state index in [9.17, 15) is 4.79 Å². The van der Waals surface area contributed by atoms with Crippen molar-refractivity contribution in [3.05, 3.63) is 100.0 Å². The zero-order chi connectivity index (χ0) is 23.5. The summed E-state index contributed by atoms with van der Waals surface area (Å²) >= 11 is 0. The van der Waals surface area contributed by atoms with Gasteiger partial charge < -0.3 is 19.9 Å². The highest BCUT2D eigenvalue weighted by atomic mass is 127. The Balaban J connectivity index is 0.00000408. The summed E-state index contributed by atoms with van der Waals surface area (Å²) in [5.41, 5.74) is 3.53. The molecule has 7 heteroatoms. The van der Waals surface area contributed by atoms with Crippen molar-refractivity contribution in [2.45, 2.75) is 39.3 Å². The zero-order valence-electron chi connectivity index (χ0n) is 20.2. The van der Waals surface area contributed by atoms with Gasteiger partial charge in [-0.15, -0.1) is 24.0 Å². The number of halogens is 1. The molecule has 0 spiro atoms. The van der Waals surface area contributed by atoms with Gasteiger partial charge in [-0.2, -0.15) is 0 Å². The fourth-order valence-corrected chi connectivity index (χ4v) is 3.56. The van der Waals surface area contributed by atoms with Crippen LogP contribution < -0.4 is 20.9 Å². The lowest BCUT2D eigenvalue weighted by atomic mass is 9.98. The molecule has 34 heavy (non-hydrogen) atoms. The molecular weight excluding hydrogens is 539 g/mol. The molecule has 3 rings (SSSR count). The normalized spacial score (nSPS) is 11.9. The van der Waals surface area contributed by atoms with Gasteiger partial charge in [0.1, 0.15) is 5.75 Å². The number of ether oxygens (including phenoxy) is 1. The van der Waals surface area contributed by atoms with E-state index >= 15 is 0 Å². The molecule has 182 valence electrons. The molecule has 2 aromatic carbocycles. The minimum atomic E-state index is 0. The smallest absolute Gasteiger partial charge is 0.250 e. The molecule has 1 atom stereocenters. The van der Waals surface area contributed by atoms with Crippen LogP contribution in [-0.4, -0.2) is 30.7 Å². The number of aliphatic imine (C=N–C) groups is 1. The summed E-state index contributed by atoms with van der Waals surface area (Å²) in [6.07, 6.45) is 2.81. The van der Waals surface area contributed by atoms with Crippen LogP contribution in [0.2, 0.25) is 0 Å². The van der Waals surface area contributed by atoms with Gasteiger partial charge in [0.25, 0.3) is 5.56 Å². The van der Waals surface area contributed by atoms with Gasteiger partial charge in [0.05, 0.1) is 20.2 Å². The molecule has 1 heterocycles. The molecule has 0 fully saturated rings. The third-order valence-corrected chi connectivity index (χ3v) is 5.59. The van der Waals surface area contributed by atoms with Gasteiger partial charge in [0, 0.05) is 25.4 Å². The molecule has 0 saturated heterocycles. The molecule has 1 aromatic heterocycles. The van der Waals surface area contributed by atoms with Gasteiger partial charge >= 0.3 is 0 Å². The van der Waals surface area contributed by atoms with Crippen molar-refractivity contribution in [2.75, 3.05) is 20.2 Å². The van der Waals surface area contributed by atoms with E-state index in [4.69, 9.17) is 9.73 Å². The minimum Gasteiger partial charge on any atom is -0.497 e. The van der Waals surface area contributed by atoms with Crippen LogP contribution in [0.15, 0.2) is 82.7 Å². The Morgan fingerprint density at radius 3 is 2.35 bits per heavy atom. The molecule has 2 N–H and O–H groups in total. The number of hydrogen-bond donors (Lipinski definition) is 2. The molecule has 0 amide bonds. The average Bonchev–Trinajstić information content (AvgIpc) is 2.85. The molecule has 0 aliphatic carbocycles. The second-order valence-corrected chi connectivity index (χ2v) is 8.07. The van der Waals surface area contributed by atoms with E-state index < -0.39 is 0 Å². The van der Waals surface area contributed by atoms with E-state index in [1.165, 1.54) is 5.56 Å².